The van der Waals surface area contributed by atoms with Crippen molar-refractivity contribution in [2.45, 2.75) is 38.1 Å². The minimum Gasteiger partial charge on any atom is -0.356 e. The molecule has 0 radical (unpaired) electrons. The summed E-state index contributed by atoms with van der Waals surface area (Å²) >= 11 is 0. The molecule has 1 aliphatic heterocycles. The van der Waals surface area contributed by atoms with Gasteiger partial charge in [-0.25, -0.2) is 0 Å². The molecule has 0 spiro atoms. The van der Waals surface area contributed by atoms with Crippen LogP contribution in [-0.4, -0.2) is 95.9 Å². The van der Waals surface area contributed by atoms with Crippen molar-refractivity contribution in [2.75, 3.05) is 78.5 Å². The van der Waals surface area contributed by atoms with Crippen molar-refractivity contribution in [3.05, 3.63) is 10.4 Å². The van der Waals surface area contributed by atoms with Gasteiger partial charge in [0, 0.05) is 102 Å². The van der Waals surface area contributed by atoms with E-state index in [-0.39, 0.29) is 36.6 Å². The Morgan fingerprint density at radius 2 is 1.47 bits per heavy atom. The van der Waals surface area contributed by atoms with E-state index in [4.69, 9.17) is 17.0 Å². The van der Waals surface area contributed by atoms with Gasteiger partial charge in [-0.3, -0.25) is 9.59 Å². The van der Waals surface area contributed by atoms with Crippen LogP contribution in [0.25, 0.3) is 10.4 Å². The third-order valence-corrected chi connectivity index (χ3v) is 5.90. The summed E-state index contributed by atoms with van der Waals surface area (Å²) in [5.74, 6) is -0.240. The summed E-state index contributed by atoms with van der Waals surface area (Å²) in [4.78, 5) is 27.2. The molecule has 0 aromatic carbocycles. The lowest BCUT2D eigenvalue weighted by molar-refractivity contribution is -0.123. The highest BCUT2D eigenvalue weighted by atomic mass is 16.2. The molecule has 13 heteroatoms. The van der Waals surface area contributed by atoms with E-state index < -0.39 is 5.54 Å². The first-order chi connectivity index (χ1) is 16.4. The molecule has 1 aliphatic rings. The van der Waals surface area contributed by atoms with Gasteiger partial charge in [0.05, 0.1) is 5.54 Å². The maximum Gasteiger partial charge on any atom is 0.220 e. The predicted molar refractivity (Wildman–Crippen MR) is 134 cm³/mol. The molecule has 1 rings (SSSR count). The van der Waals surface area contributed by atoms with E-state index in [1.165, 1.54) is 0 Å². The van der Waals surface area contributed by atoms with Crippen molar-refractivity contribution in [3.63, 3.8) is 0 Å². The first-order valence-corrected chi connectivity index (χ1v) is 12.2. The number of nitrogens with zero attached hydrogens (tertiary/aromatic N) is 3. The summed E-state index contributed by atoms with van der Waals surface area (Å²) in [7, 11) is 0. The van der Waals surface area contributed by atoms with Crippen molar-refractivity contribution in [1.29, 1.82) is 0 Å². The lowest BCUT2D eigenvalue weighted by Crippen LogP contribution is -2.65. The number of rotatable bonds is 11. The number of azide groups is 1. The van der Waals surface area contributed by atoms with Crippen molar-refractivity contribution in [3.8, 4) is 0 Å². The maximum absolute atomic E-state index is 12.6. The molecule has 34 heavy (non-hydrogen) atoms. The van der Waals surface area contributed by atoms with Crippen molar-refractivity contribution < 1.29 is 9.59 Å². The van der Waals surface area contributed by atoms with Gasteiger partial charge in [0.25, 0.3) is 0 Å². The number of hydrogen-bond donors (Lipinski definition) is 8. The van der Waals surface area contributed by atoms with Gasteiger partial charge in [-0.05, 0) is 18.4 Å². The van der Waals surface area contributed by atoms with E-state index in [2.05, 4.69) is 48.9 Å². The summed E-state index contributed by atoms with van der Waals surface area (Å²) in [6.07, 6.45) is 1.55. The number of carbonyl (C=O) groups is 2. The summed E-state index contributed by atoms with van der Waals surface area (Å²) in [6, 6.07) is 0. The Morgan fingerprint density at radius 1 is 0.912 bits per heavy atom. The van der Waals surface area contributed by atoms with Crippen LogP contribution in [0.3, 0.4) is 0 Å². The highest BCUT2D eigenvalue weighted by molar-refractivity contribution is 5.79. The number of hydrogen-bond acceptors (Lipinski definition) is 9. The zero-order valence-electron chi connectivity index (χ0n) is 20.6. The van der Waals surface area contributed by atoms with Crippen LogP contribution in [0.5, 0.6) is 0 Å². The first kappa shape index (κ1) is 30.0. The molecular formula is C21H45N11O2. The molecule has 196 valence electrons. The molecule has 0 aromatic heterocycles. The third kappa shape index (κ3) is 13.0. The van der Waals surface area contributed by atoms with E-state index in [1.807, 2.05) is 0 Å². The van der Waals surface area contributed by atoms with Gasteiger partial charge in [-0.15, -0.1) is 0 Å². The van der Waals surface area contributed by atoms with Crippen LogP contribution in [0.1, 0.15) is 32.6 Å². The fourth-order valence-electron chi connectivity index (χ4n) is 3.62. The van der Waals surface area contributed by atoms with Crippen molar-refractivity contribution >= 4 is 11.8 Å². The van der Waals surface area contributed by atoms with Crippen LogP contribution in [0.4, 0.5) is 0 Å². The van der Waals surface area contributed by atoms with Gasteiger partial charge in [0.15, 0.2) is 0 Å². The largest absolute Gasteiger partial charge is 0.356 e. The van der Waals surface area contributed by atoms with Gasteiger partial charge in [-0.1, -0.05) is 12.0 Å². The molecule has 0 aromatic rings. The van der Waals surface area contributed by atoms with Crippen LogP contribution in [0, 0.1) is 5.41 Å². The summed E-state index contributed by atoms with van der Waals surface area (Å²) in [5, 5.41) is 23.0. The number of amides is 2. The van der Waals surface area contributed by atoms with Gasteiger partial charge in [-0.2, -0.15) is 0 Å². The second-order valence-electron chi connectivity index (χ2n) is 9.27. The number of carbonyl (C=O) groups excluding carboxylic acids is 2. The highest BCUT2D eigenvalue weighted by Crippen LogP contribution is 2.11. The quantitative estimate of drug-likeness (QED) is 0.0720. The van der Waals surface area contributed by atoms with Gasteiger partial charge in [0.1, 0.15) is 0 Å². The van der Waals surface area contributed by atoms with Crippen LogP contribution in [0.15, 0.2) is 5.11 Å². The zero-order valence-corrected chi connectivity index (χ0v) is 20.6. The maximum atomic E-state index is 12.6. The zero-order chi connectivity index (χ0) is 25.1. The average Bonchev–Trinajstić information content (AvgIpc) is 2.82. The van der Waals surface area contributed by atoms with Gasteiger partial charge in [0.2, 0.25) is 11.8 Å². The molecule has 2 amide bonds. The number of nitrogens with two attached hydrogens (primary N) is 2. The van der Waals surface area contributed by atoms with E-state index in [0.29, 0.717) is 45.6 Å². The Morgan fingerprint density at radius 3 is 2.00 bits per heavy atom. The van der Waals surface area contributed by atoms with Crippen LogP contribution in [-0.2, 0) is 9.59 Å². The molecule has 0 saturated carbocycles. The molecule has 1 heterocycles. The van der Waals surface area contributed by atoms with Crippen LogP contribution in [0.2, 0.25) is 0 Å². The van der Waals surface area contributed by atoms with E-state index in [0.717, 1.165) is 39.3 Å². The smallest absolute Gasteiger partial charge is 0.220 e. The predicted octanol–water partition coefficient (Wildman–Crippen LogP) is -1.88. The second-order valence-corrected chi connectivity index (χ2v) is 9.27. The molecule has 0 bridgehead atoms. The Balaban J connectivity index is 2.47. The van der Waals surface area contributed by atoms with Crippen LogP contribution < -0.4 is 43.4 Å². The average molecular weight is 484 g/mol. The lowest BCUT2D eigenvalue weighted by Gasteiger charge is -2.35. The SMILES string of the molecule is CC1(CN)CNCCNCC(CN)(NC(=O)CCCC(=O)NCCCN=[N+]=[N-])CNCCNC1. The van der Waals surface area contributed by atoms with E-state index in [9.17, 15) is 9.59 Å². The minimum absolute atomic E-state index is 0.00194. The lowest BCUT2D eigenvalue weighted by atomic mass is 9.90. The summed E-state index contributed by atoms with van der Waals surface area (Å²) in [6.45, 7) is 9.65. The highest BCUT2D eigenvalue weighted by Gasteiger charge is 2.30. The molecule has 0 unspecified atom stereocenters. The van der Waals surface area contributed by atoms with Crippen molar-refractivity contribution in [1.82, 2.24) is 31.9 Å². The van der Waals surface area contributed by atoms with Gasteiger partial charge >= 0.3 is 0 Å². The molecule has 0 atom stereocenters. The Bertz CT molecular complexity index is 624. The molecule has 1 saturated heterocycles. The summed E-state index contributed by atoms with van der Waals surface area (Å²) in [5.41, 5.74) is 19.7. The Labute approximate surface area is 202 Å². The monoisotopic (exact) mass is 483 g/mol. The summed E-state index contributed by atoms with van der Waals surface area (Å²) < 4.78 is 0. The fraction of sp³-hybridized carbons (Fsp3) is 0.905. The molecule has 13 nitrogen and oxygen atoms in total. The first-order valence-electron chi connectivity index (χ1n) is 12.2. The molecule has 1 fully saturated rings. The van der Waals surface area contributed by atoms with Crippen LogP contribution >= 0.6 is 0 Å². The van der Waals surface area contributed by atoms with E-state index in [1.54, 1.807) is 0 Å². The standard InChI is InChI=1S/C21H45N11O2/c1-20(12-22)14-25-8-10-27-16-21(13-23,17-28-11-9-26-15-20)31-19(34)5-2-4-18(33)29-6-3-7-30-32-24/h25-28H,2-17,22-23H2,1H3,(H,29,33)(H,31,34). The van der Waals surface area contributed by atoms with E-state index >= 15 is 0 Å². The topological polar surface area (TPSA) is 207 Å². The minimum atomic E-state index is -0.615. The molecular weight excluding hydrogens is 438 g/mol. The fourth-order valence-corrected chi connectivity index (χ4v) is 3.62. The molecule has 10 N–H and O–H groups in total. The van der Waals surface area contributed by atoms with Gasteiger partial charge < -0.3 is 43.4 Å². The second kappa shape index (κ2) is 17.4. The Kier molecular flexibility index (Phi) is 15.4. The van der Waals surface area contributed by atoms with Crippen molar-refractivity contribution in [2.24, 2.45) is 22.0 Å². The Hall–Kier alpha value is -1.99. The number of nitrogens with one attached hydrogen (secondary N) is 6. The normalized spacial score (nSPS) is 24.9. The third-order valence-electron chi connectivity index (χ3n) is 5.90. The molecule has 0 aliphatic carbocycles.